The van der Waals surface area contributed by atoms with Crippen molar-refractivity contribution in [3.05, 3.63) is 60.2 Å². The first kappa shape index (κ1) is 19.8. The molecule has 0 aromatic heterocycles. The number of hydrogen-bond donors (Lipinski definition) is 0. The largest absolute Gasteiger partial charge is 0.0885 e. The van der Waals surface area contributed by atoms with Crippen LogP contribution >= 0.6 is 0 Å². The molecular formula is C25H36. The molecule has 2 aromatic rings. The van der Waals surface area contributed by atoms with Crippen LogP contribution in [0, 0.1) is 0 Å². The third-order valence-electron chi connectivity index (χ3n) is 5.04. The maximum Gasteiger partial charge on any atom is -0.0181 e. The number of benzene rings is 2. The Morgan fingerprint density at radius 2 is 1.28 bits per heavy atom. The van der Waals surface area contributed by atoms with Gasteiger partial charge in [-0.2, -0.15) is 0 Å². The summed E-state index contributed by atoms with van der Waals surface area (Å²) in [7, 11) is 0. The second-order valence-electron chi connectivity index (χ2n) is 7.31. The predicted molar refractivity (Wildman–Crippen MR) is 113 cm³/mol. The van der Waals surface area contributed by atoms with E-state index in [-0.39, 0.29) is 0 Å². The monoisotopic (exact) mass is 336 g/mol. The fraction of sp³-hybridized carbons (Fsp3) is 0.520. The molecule has 0 bridgehead atoms. The van der Waals surface area contributed by atoms with Crippen molar-refractivity contribution in [1.29, 1.82) is 0 Å². The van der Waals surface area contributed by atoms with Crippen LogP contribution in [-0.4, -0.2) is 0 Å². The van der Waals surface area contributed by atoms with Crippen molar-refractivity contribution in [3.63, 3.8) is 0 Å². The third-order valence-corrected chi connectivity index (χ3v) is 5.04. The van der Waals surface area contributed by atoms with Gasteiger partial charge in [0.2, 0.25) is 0 Å². The zero-order valence-corrected chi connectivity index (χ0v) is 16.2. The van der Waals surface area contributed by atoms with E-state index in [1.807, 2.05) is 0 Å². The molecule has 0 amide bonds. The smallest absolute Gasteiger partial charge is 0.0181 e. The quantitative estimate of drug-likeness (QED) is 0.255. The molecule has 0 heteroatoms. The van der Waals surface area contributed by atoms with E-state index in [4.69, 9.17) is 0 Å². The van der Waals surface area contributed by atoms with E-state index in [9.17, 15) is 0 Å². The molecule has 0 aliphatic heterocycles. The van der Waals surface area contributed by atoms with E-state index >= 15 is 0 Å². The van der Waals surface area contributed by atoms with Crippen LogP contribution in [0.5, 0.6) is 0 Å². The lowest BCUT2D eigenvalue weighted by Crippen LogP contribution is -1.86. The van der Waals surface area contributed by atoms with Gasteiger partial charge >= 0.3 is 0 Å². The number of unbranched alkanes of at least 4 members (excludes halogenated alkanes) is 9. The highest BCUT2D eigenvalue weighted by atomic mass is 14.0. The molecule has 0 aliphatic carbocycles. The van der Waals surface area contributed by atoms with Gasteiger partial charge in [-0.1, -0.05) is 100 Å². The van der Waals surface area contributed by atoms with E-state index in [1.54, 1.807) is 0 Å². The molecule has 0 saturated carbocycles. The minimum atomic E-state index is 1.22. The summed E-state index contributed by atoms with van der Waals surface area (Å²) in [5, 5.41) is 2.73. The van der Waals surface area contributed by atoms with Crippen molar-refractivity contribution < 1.29 is 0 Å². The molecule has 25 heavy (non-hydrogen) atoms. The van der Waals surface area contributed by atoms with Gasteiger partial charge in [0.15, 0.2) is 0 Å². The van der Waals surface area contributed by atoms with Gasteiger partial charge in [0.1, 0.15) is 0 Å². The molecule has 0 atom stereocenters. The van der Waals surface area contributed by atoms with E-state index in [2.05, 4.69) is 61.5 Å². The molecule has 0 saturated heterocycles. The highest BCUT2D eigenvalue weighted by molar-refractivity contribution is 5.82. The normalized spacial score (nSPS) is 11.6. The van der Waals surface area contributed by atoms with E-state index in [1.165, 1.54) is 93.4 Å². The van der Waals surface area contributed by atoms with Gasteiger partial charge in [-0.15, -0.1) is 0 Å². The molecule has 0 unspecified atom stereocenters. The van der Waals surface area contributed by atoms with Crippen molar-refractivity contribution >= 4 is 10.8 Å². The molecule has 0 spiro atoms. The second-order valence-corrected chi connectivity index (χ2v) is 7.31. The maximum atomic E-state index is 2.40. The third kappa shape index (κ3) is 8.38. The van der Waals surface area contributed by atoms with Gasteiger partial charge in [-0.25, -0.2) is 0 Å². The highest BCUT2D eigenvalue weighted by Gasteiger charge is 1.97. The molecule has 2 aromatic carbocycles. The Labute approximate surface area is 155 Å². The van der Waals surface area contributed by atoms with Gasteiger partial charge < -0.3 is 0 Å². The van der Waals surface area contributed by atoms with Gasteiger partial charge in [0.05, 0.1) is 0 Å². The van der Waals surface area contributed by atoms with Crippen molar-refractivity contribution in [1.82, 2.24) is 0 Å². The Hall–Kier alpha value is -1.56. The Kier molecular flexibility index (Phi) is 10.1. The molecule has 0 aliphatic rings. The summed E-state index contributed by atoms with van der Waals surface area (Å²) >= 11 is 0. The Bertz CT molecular complexity index is 608. The lowest BCUT2D eigenvalue weighted by atomic mass is 10.0. The summed E-state index contributed by atoms with van der Waals surface area (Å²) in [4.78, 5) is 0. The van der Waals surface area contributed by atoms with Gasteiger partial charge in [-0.3, -0.25) is 0 Å². The summed E-state index contributed by atoms with van der Waals surface area (Å²) in [6.07, 6.45) is 20.9. The molecule has 0 nitrogen and oxygen atoms in total. The zero-order chi connectivity index (χ0) is 17.6. The van der Waals surface area contributed by atoms with Crippen molar-refractivity contribution in [3.8, 4) is 0 Å². The van der Waals surface area contributed by atoms with Gasteiger partial charge in [-0.05, 0) is 54.9 Å². The SMILES string of the molecule is CCCCCC/C=C/CCCCCCCc1ccc2ccccc2c1. The molecule has 2 rings (SSSR count). The maximum absolute atomic E-state index is 2.40. The standard InChI is InChI=1S/C25H36/c1-2-3-4-5-6-7-8-9-10-11-12-13-14-17-23-20-21-24-18-15-16-19-25(24)22-23/h7-8,15-16,18-22H,2-6,9-14,17H2,1H3/b8-7+. The Morgan fingerprint density at radius 3 is 2.04 bits per heavy atom. The van der Waals surface area contributed by atoms with Crippen LogP contribution in [0.3, 0.4) is 0 Å². The minimum Gasteiger partial charge on any atom is -0.0885 e. The van der Waals surface area contributed by atoms with Crippen LogP contribution in [0.1, 0.15) is 83.1 Å². The van der Waals surface area contributed by atoms with Gasteiger partial charge in [0.25, 0.3) is 0 Å². The number of aryl methyl sites for hydroxylation is 1. The number of hydrogen-bond acceptors (Lipinski definition) is 0. The van der Waals surface area contributed by atoms with Crippen LogP contribution in [0.25, 0.3) is 10.8 Å². The van der Waals surface area contributed by atoms with Crippen molar-refractivity contribution in [2.45, 2.75) is 84.0 Å². The van der Waals surface area contributed by atoms with E-state index in [0.29, 0.717) is 0 Å². The lowest BCUT2D eigenvalue weighted by Gasteiger charge is -2.04. The summed E-state index contributed by atoms with van der Waals surface area (Å²) in [6, 6.07) is 15.6. The highest BCUT2D eigenvalue weighted by Crippen LogP contribution is 2.17. The van der Waals surface area contributed by atoms with Crippen LogP contribution in [0.4, 0.5) is 0 Å². The molecule has 136 valence electrons. The molecular weight excluding hydrogens is 300 g/mol. The van der Waals surface area contributed by atoms with Crippen LogP contribution < -0.4 is 0 Å². The first-order valence-electron chi connectivity index (χ1n) is 10.5. The number of fused-ring (bicyclic) bond motifs is 1. The average molecular weight is 337 g/mol. The average Bonchev–Trinajstić information content (AvgIpc) is 2.65. The van der Waals surface area contributed by atoms with E-state index < -0.39 is 0 Å². The summed E-state index contributed by atoms with van der Waals surface area (Å²) in [5.74, 6) is 0. The van der Waals surface area contributed by atoms with E-state index in [0.717, 1.165) is 0 Å². The first-order valence-corrected chi connectivity index (χ1v) is 10.5. The lowest BCUT2D eigenvalue weighted by molar-refractivity contribution is 0.617. The first-order chi connectivity index (χ1) is 12.4. The topological polar surface area (TPSA) is 0 Å². The Balaban J connectivity index is 1.47. The number of rotatable bonds is 13. The number of allylic oxidation sites excluding steroid dienone is 2. The fourth-order valence-corrected chi connectivity index (χ4v) is 3.44. The van der Waals surface area contributed by atoms with Crippen LogP contribution in [0.15, 0.2) is 54.6 Å². The molecule has 0 heterocycles. The summed E-state index contributed by atoms with van der Waals surface area (Å²) in [6.45, 7) is 2.28. The summed E-state index contributed by atoms with van der Waals surface area (Å²) in [5.41, 5.74) is 1.49. The zero-order valence-electron chi connectivity index (χ0n) is 16.2. The van der Waals surface area contributed by atoms with Crippen LogP contribution in [-0.2, 0) is 6.42 Å². The second kappa shape index (κ2) is 12.8. The molecule has 0 fully saturated rings. The minimum absolute atomic E-state index is 1.22. The Morgan fingerprint density at radius 1 is 0.640 bits per heavy atom. The van der Waals surface area contributed by atoms with Crippen molar-refractivity contribution in [2.75, 3.05) is 0 Å². The molecule has 0 N–H and O–H groups in total. The predicted octanol–water partition coefficient (Wildman–Crippen LogP) is 8.25. The van der Waals surface area contributed by atoms with Crippen LogP contribution in [0.2, 0.25) is 0 Å². The summed E-state index contributed by atoms with van der Waals surface area (Å²) < 4.78 is 0. The molecule has 0 radical (unpaired) electrons. The van der Waals surface area contributed by atoms with Gasteiger partial charge in [0, 0.05) is 0 Å². The van der Waals surface area contributed by atoms with Crippen molar-refractivity contribution in [2.24, 2.45) is 0 Å². The fourth-order valence-electron chi connectivity index (χ4n) is 3.44.